The van der Waals surface area contributed by atoms with Crippen LogP contribution in [0.4, 0.5) is 5.69 Å². The van der Waals surface area contributed by atoms with Crippen LogP contribution >= 0.6 is 23.2 Å². The van der Waals surface area contributed by atoms with Crippen LogP contribution in [0.5, 0.6) is 0 Å². The summed E-state index contributed by atoms with van der Waals surface area (Å²) >= 11 is 12.0. The summed E-state index contributed by atoms with van der Waals surface area (Å²) < 4.78 is 33.5. The molecule has 3 atom stereocenters. The van der Waals surface area contributed by atoms with Crippen LogP contribution < -0.4 is 10.1 Å². The number of hydrazone groups is 1. The molecule has 0 aromatic heterocycles. The molecule has 2 aromatic rings. The van der Waals surface area contributed by atoms with Crippen LogP contribution in [0.15, 0.2) is 70.4 Å². The molecule has 0 spiro atoms. The van der Waals surface area contributed by atoms with Gasteiger partial charge >= 0.3 is 0 Å². The lowest BCUT2D eigenvalue weighted by Crippen LogP contribution is -2.40. The molecule has 1 aliphatic carbocycles. The van der Waals surface area contributed by atoms with Crippen LogP contribution in [0.2, 0.25) is 5.02 Å². The summed E-state index contributed by atoms with van der Waals surface area (Å²) in [6.45, 7) is 0. The van der Waals surface area contributed by atoms with E-state index in [0.717, 1.165) is 6.42 Å². The van der Waals surface area contributed by atoms with Crippen molar-refractivity contribution in [1.29, 1.82) is 0 Å². The molecule has 2 N–H and O–H groups in total. The minimum absolute atomic E-state index is 0.00641. The van der Waals surface area contributed by atoms with Gasteiger partial charge in [0.1, 0.15) is 6.10 Å². The third-order valence-electron chi connectivity index (χ3n) is 5.62. The third kappa shape index (κ3) is 5.43. The Labute approximate surface area is 207 Å². The van der Waals surface area contributed by atoms with E-state index >= 15 is 0 Å². The van der Waals surface area contributed by atoms with Crippen molar-refractivity contribution in [3.63, 3.8) is 0 Å². The normalized spacial score (nSPS) is 22.5. The fourth-order valence-electron chi connectivity index (χ4n) is 3.87. The number of fused-ring (bicyclic) bond motifs is 1. The molecule has 1 amide bonds. The van der Waals surface area contributed by atoms with Crippen LogP contribution in [0.1, 0.15) is 29.6 Å². The zero-order valence-corrected chi connectivity index (χ0v) is 20.1. The average Bonchev–Trinajstić information content (AvgIpc) is 2.81. The molecule has 0 radical (unpaired) electrons. The number of Topliss-reactive ketones (excluding diaryl/α,β-unsaturated/α-hetero) is 1. The number of rotatable bonds is 6. The Kier molecular flexibility index (Phi) is 7.25. The number of carbonyl (C=O) groups is 2. The van der Waals surface area contributed by atoms with E-state index in [2.05, 4.69) is 15.2 Å². The van der Waals surface area contributed by atoms with E-state index in [4.69, 9.17) is 27.9 Å². The molecule has 2 aliphatic rings. The Balaban J connectivity index is 1.45. The Morgan fingerprint density at radius 1 is 1.12 bits per heavy atom. The molecule has 2 aromatic carbocycles. The number of carbonyl (C=O) groups excluding carboxylic acids is 2. The monoisotopic (exact) mass is 521 g/mol. The number of benzene rings is 2. The van der Waals surface area contributed by atoms with Gasteiger partial charge in [0.2, 0.25) is 0 Å². The summed E-state index contributed by atoms with van der Waals surface area (Å²) in [6.07, 6.45) is 4.42. The molecule has 0 saturated heterocycles. The summed E-state index contributed by atoms with van der Waals surface area (Å²) in [5, 5.41) is 4.19. The van der Waals surface area contributed by atoms with Crippen LogP contribution in [-0.4, -0.2) is 37.8 Å². The minimum atomic E-state index is -3.96. The van der Waals surface area contributed by atoms with Crippen LogP contribution in [0.3, 0.4) is 0 Å². The van der Waals surface area contributed by atoms with Gasteiger partial charge in [0.05, 0.1) is 40.1 Å². The highest BCUT2D eigenvalue weighted by molar-refractivity contribution is 7.92. The molecule has 34 heavy (non-hydrogen) atoms. The average molecular weight is 522 g/mol. The molecule has 8 nitrogen and oxygen atoms in total. The lowest BCUT2D eigenvalue weighted by molar-refractivity contribution is -0.126. The molecule has 0 bridgehead atoms. The maximum atomic E-state index is 12.7. The molecule has 3 unspecified atom stereocenters. The predicted molar refractivity (Wildman–Crippen MR) is 130 cm³/mol. The van der Waals surface area contributed by atoms with Gasteiger partial charge in [-0.25, -0.2) is 13.8 Å². The second-order valence-electron chi connectivity index (χ2n) is 7.93. The summed E-state index contributed by atoms with van der Waals surface area (Å²) in [5.74, 6) is -1.12. The number of hydrogen-bond acceptors (Lipinski definition) is 6. The highest BCUT2D eigenvalue weighted by atomic mass is 35.5. The summed E-state index contributed by atoms with van der Waals surface area (Å²) in [7, 11) is -3.96. The molecule has 178 valence electrons. The highest BCUT2D eigenvalue weighted by Gasteiger charge is 2.39. The van der Waals surface area contributed by atoms with Crippen LogP contribution in [-0.2, 0) is 19.6 Å². The maximum Gasteiger partial charge on any atom is 0.273 e. The number of nitrogens with one attached hydrogen (secondary N) is 2. The summed E-state index contributed by atoms with van der Waals surface area (Å²) in [4.78, 5) is 25.4. The van der Waals surface area contributed by atoms with E-state index in [-0.39, 0.29) is 44.9 Å². The lowest BCUT2D eigenvalue weighted by Gasteiger charge is -2.35. The summed E-state index contributed by atoms with van der Waals surface area (Å²) in [6, 6.07) is 11.7. The number of para-hydroxylation sites is 1. The van der Waals surface area contributed by atoms with Gasteiger partial charge in [-0.1, -0.05) is 23.7 Å². The van der Waals surface area contributed by atoms with Crippen LogP contribution in [0.25, 0.3) is 0 Å². The number of nitrogens with zero attached hydrogens (tertiary/aromatic N) is 1. The first-order valence-electron chi connectivity index (χ1n) is 10.5. The van der Waals surface area contributed by atoms with Crippen LogP contribution in [0, 0.1) is 5.92 Å². The number of ketones is 1. The lowest BCUT2D eigenvalue weighted by atomic mass is 9.80. The molecular weight excluding hydrogens is 501 g/mol. The van der Waals surface area contributed by atoms with Crippen molar-refractivity contribution in [3.8, 4) is 0 Å². The van der Waals surface area contributed by atoms with Crippen molar-refractivity contribution in [2.75, 3.05) is 4.72 Å². The standard InChI is InChI=1S/C23H21Cl2N3O5S/c24-15-5-8-17(9-6-15)34(31,32)28-20-4-2-1-3-18(20)23(30)27-26-12-14-13-33-21-10-7-16(25)11-19(21)22(14)29/h1-6,8-9,12-13,16,19,21,28H,7,10-11H2,(H,27,30)/b26-12+. The van der Waals surface area contributed by atoms with Gasteiger partial charge in [0.25, 0.3) is 15.9 Å². The maximum absolute atomic E-state index is 12.7. The van der Waals surface area contributed by atoms with Crippen molar-refractivity contribution >= 4 is 56.8 Å². The first-order valence-corrected chi connectivity index (χ1v) is 12.8. The summed E-state index contributed by atoms with van der Waals surface area (Å²) in [5.41, 5.74) is 2.67. The smallest absolute Gasteiger partial charge is 0.273 e. The fourth-order valence-corrected chi connectivity index (χ4v) is 5.39. The van der Waals surface area contributed by atoms with Crippen molar-refractivity contribution < 1.29 is 22.7 Å². The Morgan fingerprint density at radius 3 is 2.62 bits per heavy atom. The number of halogens is 2. The van der Waals surface area contributed by atoms with E-state index in [1.54, 1.807) is 12.1 Å². The van der Waals surface area contributed by atoms with Crippen molar-refractivity contribution in [2.45, 2.75) is 35.6 Å². The van der Waals surface area contributed by atoms with Gasteiger partial charge < -0.3 is 4.74 Å². The van der Waals surface area contributed by atoms with E-state index in [1.807, 2.05) is 0 Å². The Morgan fingerprint density at radius 2 is 1.85 bits per heavy atom. The fraction of sp³-hybridized carbons (Fsp3) is 0.261. The van der Waals surface area contributed by atoms with Crippen molar-refractivity contribution in [3.05, 3.63) is 71.0 Å². The van der Waals surface area contributed by atoms with Gasteiger partial charge in [0.15, 0.2) is 5.78 Å². The largest absolute Gasteiger partial charge is 0.496 e. The Bertz CT molecular complexity index is 1260. The highest BCUT2D eigenvalue weighted by Crippen LogP contribution is 2.35. The second-order valence-corrected chi connectivity index (χ2v) is 10.7. The van der Waals surface area contributed by atoms with E-state index in [1.165, 1.54) is 48.9 Å². The number of allylic oxidation sites excluding steroid dienone is 1. The first kappa shape index (κ1) is 24.3. The van der Waals surface area contributed by atoms with Gasteiger partial charge in [-0.2, -0.15) is 5.10 Å². The molecule has 1 aliphatic heterocycles. The van der Waals surface area contributed by atoms with E-state index < -0.39 is 15.9 Å². The zero-order valence-electron chi connectivity index (χ0n) is 17.8. The van der Waals surface area contributed by atoms with Gasteiger partial charge in [0, 0.05) is 10.4 Å². The van der Waals surface area contributed by atoms with Crippen molar-refractivity contribution in [1.82, 2.24) is 5.43 Å². The quantitative estimate of drug-likeness (QED) is 0.337. The van der Waals surface area contributed by atoms with Crippen molar-refractivity contribution in [2.24, 2.45) is 11.0 Å². The van der Waals surface area contributed by atoms with E-state index in [9.17, 15) is 18.0 Å². The predicted octanol–water partition coefficient (Wildman–Crippen LogP) is 4.12. The van der Waals surface area contributed by atoms with E-state index in [0.29, 0.717) is 17.9 Å². The second kappa shape index (κ2) is 10.2. The molecule has 11 heteroatoms. The van der Waals surface area contributed by atoms with Gasteiger partial charge in [-0.05, 0) is 55.7 Å². The molecule has 4 rings (SSSR count). The molecule has 1 fully saturated rings. The molecule has 1 saturated carbocycles. The third-order valence-corrected chi connectivity index (χ3v) is 7.65. The minimum Gasteiger partial charge on any atom is -0.496 e. The molecular formula is C23H21Cl2N3O5S. The number of sulfonamides is 1. The van der Waals surface area contributed by atoms with Gasteiger partial charge in [-0.3, -0.25) is 14.3 Å². The number of ether oxygens (including phenoxy) is 1. The molecule has 1 heterocycles. The number of alkyl halides is 1. The number of amides is 1. The number of hydrogen-bond donors (Lipinski definition) is 2. The van der Waals surface area contributed by atoms with Gasteiger partial charge in [-0.15, -0.1) is 11.6 Å². The first-order chi connectivity index (χ1) is 16.2. The zero-order chi connectivity index (χ0) is 24.3. The SMILES string of the molecule is O=C(N/N=C/C1=COC2CCC(Cl)CC2C1=O)c1ccccc1NS(=O)(=O)c1ccc(Cl)cc1. The Hall–Kier alpha value is -2.88. The topological polar surface area (TPSA) is 114 Å². The number of anilines is 1.